The van der Waals surface area contributed by atoms with E-state index in [1.807, 2.05) is 36.4 Å². The largest absolute Gasteiger partial charge is 0.393 e. The number of fused-ring (bicyclic) bond motifs is 2. The summed E-state index contributed by atoms with van der Waals surface area (Å²) in [5.74, 6) is 0.735. The first-order valence-electron chi connectivity index (χ1n) is 8.57. The summed E-state index contributed by atoms with van der Waals surface area (Å²) in [6, 6.07) is 13.8. The minimum atomic E-state index is -0.0832. The van der Waals surface area contributed by atoms with Crippen LogP contribution < -0.4 is 0 Å². The minimum Gasteiger partial charge on any atom is -0.393 e. The standard InChI is InChI=1S/C19H18N6O2/c1-13(24-27-10-9-26)16-6-7-18-21-22-19(25(18)23-16)12-14-4-5-17-15(11-14)3-2-8-20-17/h2-8,11,26H,9-10,12H2,1H3. The van der Waals surface area contributed by atoms with Crippen LogP contribution in [0.1, 0.15) is 24.0 Å². The Morgan fingerprint density at radius 1 is 1.19 bits per heavy atom. The van der Waals surface area contributed by atoms with Gasteiger partial charge in [-0.2, -0.15) is 9.61 Å². The van der Waals surface area contributed by atoms with Gasteiger partial charge in [0.15, 0.2) is 11.5 Å². The maximum Gasteiger partial charge on any atom is 0.177 e. The van der Waals surface area contributed by atoms with Crippen LogP contribution in [0.3, 0.4) is 0 Å². The molecule has 0 aliphatic carbocycles. The lowest BCUT2D eigenvalue weighted by Gasteiger charge is -2.04. The Morgan fingerprint density at radius 3 is 3.00 bits per heavy atom. The first-order chi connectivity index (χ1) is 13.2. The highest BCUT2D eigenvalue weighted by atomic mass is 16.6. The van der Waals surface area contributed by atoms with E-state index in [-0.39, 0.29) is 13.2 Å². The topological polar surface area (TPSA) is 97.8 Å². The molecule has 0 radical (unpaired) electrons. The molecule has 0 bridgehead atoms. The summed E-state index contributed by atoms with van der Waals surface area (Å²) >= 11 is 0. The van der Waals surface area contributed by atoms with Gasteiger partial charge in [0, 0.05) is 18.0 Å². The molecule has 0 amide bonds. The van der Waals surface area contributed by atoms with Crippen molar-refractivity contribution >= 4 is 22.3 Å². The average Bonchev–Trinajstić information content (AvgIpc) is 3.10. The van der Waals surface area contributed by atoms with Gasteiger partial charge in [-0.05, 0) is 42.8 Å². The van der Waals surface area contributed by atoms with E-state index in [1.165, 1.54) is 0 Å². The van der Waals surface area contributed by atoms with Gasteiger partial charge >= 0.3 is 0 Å². The van der Waals surface area contributed by atoms with Crippen LogP contribution >= 0.6 is 0 Å². The summed E-state index contributed by atoms with van der Waals surface area (Å²) in [5.41, 5.74) is 4.00. The minimum absolute atomic E-state index is 0.0832. The van der Waals surface area contributed by atoms with Crippen LogP contribution in [0.5, 0.6) is 0 Å². The molecule has 8 heteroatoms. The molecule has 3 heterocycles. The maximum atomic E-state index is 8.77. The van der Waals surface area contributed by atoms with Gasteiger partial charge < -0.3 is 9.94 Å². The molecule has 0 spiro atoms. The quantitative estimate of drug-likeness (QED) is 0.320. The highest BCUT2D eigenvalue weighted by Crippen LogP contribution is 2.16. The Balaban J connectivity index is 1.65. The van der Waals surface area contributed by atoms with Crippen molar-refractivity contribution in [3.8, 4) is 0 Å². The van der Waals surface area contributed by atoms with Crippen molar-refractivity contribution in [2.75, 3.05) is 13.2 Å². The lowest BCUT2D eigenvalue weighted by atomic mass is 10.1. The summed E-state index contributed by atoms with van der Waals surface area (Å²) in [7, 11) is 0. The number of rotatable bonds is 6. The van der Waals surface area contributed by atoms with Crippen molar-refractivity contribution in [2.24, 2.45) is 5.16 Å². The van der Waals surface area contributed by atoms with Gasteiger partial charge in [0.1, 0.15) is 18.0 Å². The molecular formula is C19H18N6O2. The van der Waals surface area contributed by atoms with Crippen LogP contribution in [0.2, 0.25) is 0 Å². The summed E-state index contributed by atoms with van der Waals surface area (Å²) in [5, 5.41) is 26.9. The molecule has 8 nitrogen and oxygen atoms in total. The van der Waals surface area contributed by atoms with Crippen LogP contribution in [-0.2, 0) is 11.3 Å². The molecule has 0 aliphatic rings. The lowest BCUT2D eigenvalue weighted by Crippen LogP contribution is -2.07. The molecule has 1 aromatic carbocycles. The van der Waals surface area contributed by atoms with Gasteiger partial charge in [0.05, 0.1) is 12.1 Å². The van der Waals surface area contributed by atoms with Gasteiger partial charge in [-0.15, -0.1) is 10.2 Å². The lowest BCUT2D eigenvalue weighted by molar-refractivity contribution is 0.0986. The average molecular weight is 362 g/mol. The van der Waals surface area contributed by atoms with E-state index in [0.717, 1.165) is 22.3 Å². The highest BCUT2D eigenvalue weighted by Gasteiger charge is 2.10. The number of aliphatic hydroxyl groups is 1. The SMILES string of the molecule is CC(=NOCCO)c1ccc2nnc(Cc3ccc4ncccc4c3)n2n1. The Labute approximate surface area is 155 Å². The van der Waals surface area contributed by atoms with E-state index < -0.39 is 0 Å². The fraction of sp³-hybridized carbons (Fsp3) is 0.211. The zero-order valence-corrected chi connectivity index (χ0v) is 14.8. The van der Waals surface area contributed by atoms with Gasteiger partial charge in [-0.3, -0.25) is 4.98 Å². The number of aliphatic hydroxyl groups excluding tert-OH is 1. The molecule has 0 unspecified atom stereocenters. The van der Waals surface area contributed by atoms with E-state index in [9.17, 15) is 0 Å². The van der Waals surface area contributed by atoms with E-state index >= 15 is 0 Å². The maximum absolute atomic E-state index is 8.77. The number of nitrogens with zero attached hydrogens (tertiary/aromatic N) is 6. The number of hydrogen-bond acceptors (Lipinski definition) is 7. The summed E-state index contributed by atoms with van der Waals surface area (Å²) < 4.78 is 1.72. The second kappa shape index (κ2) is 7.46. The Kier molecular flexibility index (Phi) is 4.71. The number of pyridine rings is 1. The molecule has 3 aromatic heterocycles. The van der Waals surface area contributed by atoms with Gasteiger partial charge in [0.25, 0.3) is 0 Å². The van der Waals surface area contributed by atoms with Crippen LogP contribution in [0.15, 0.2) is 53.8 Å². The molecule has 0 saturated heterocycles. The van der Waals surface area contributed by atoms with Crippen LogP contribution in [-0.4, -0.2) is 48.8 Å². The number of benzene rings is 1. The number of aromatic nitrogens is 5. The van der Waals surface area contributed by atoms with Crippen molar-refractivity contribution in [3.63, 3.8) is 0 Å². The third-order valence-corrected chi connectivity index (χ3v) is 4.11. The van der Waals surface area contributed by atoms with Crippen LogP contribution in [0.25, 0.3) is 16.6 Å². The number of oxime groups is 1. The first kappa shape index (κ1) is 17.0. The molecule has 0 saturated carbocycles. The first-order valence-corrected chi connectivity index (χ1v) is 8.57. The normalized spacial score (nSPS) is 12.0. The third-order valence-electron chi connectivity index (χ3n) is 4.11. The zero-order valence-electron chi connectivity index (χ0n) is 14.8. The number of hydrogen-bond donors (Lipinski definition) is 1. The fourth-order valence-corrected chi connectivity index (χ4v) is 2.78. The van der Waals surface area contributed by atoms with E-state index in [1.54, 1.807) is 17.6 Å². The molecule has 27 heavy (non-hydrogen) atoms. The second-order valence-corrected chi connectivity index (χ2v) is 6.05. The van der Waals surface area contributed by atoms with Gasteiger partial charge in [-0.25, -0.2) is 0 Å². The highest BCUT2D eigenvalue weighted by molar-refractivity contribution is 5.96. The third kappa shape index (κ3) is 3.61. The fourth-order valence-electron chi connectivity index (χ4n) is 2.78. The molecule has 4 rings (SSSR count). The monoisotopic (exact) mass is 362 g/mol. The second-order valence-electron chi connectivity index (χ2n) is 6.05. The van der Waals surface area contributed by atoms with Crippen molar-refractivity contribution in [1.29, 1.82) is 0 Å². The molecule has 0 aliphatic heterocycles. The summed E-state index contributed by atoms with van der Waals surface area (Å²) in [6.45, 7) is 1.86. The van der Waals surface area contributed by atoms with E-state index in [0.29, 0.717) is 23.5 Å². The van der Waals surface area contributed by atoms with Crippen molar-refractivity contribution in [3.05, 3.63) is 65.7 Å². The van der Waals surface area contributed by atoms with Crippen LogP contribution in [0.4, 0.5) is 0 Å². The summed E-state index contributed by atoms with van der Waals surface area (Å²) in [4.78, 5) is 9.36. The van der Waals surface area contributed by atoms with Crippen molar-refractivity contribution < 1.29 is 9.94 Å². The molecule has 4 aromatic rings. The van der Waals surface area contributed by atoms with Crippen molar-refractivity contribution in [1.82, 2.24) is 24.8 Å². The smallest absolute Gasteiger partial charge is 0.177 e. The predicted molar refractivity (Wildman–Crippen MR) is 101 cm³/mol. The predicted octanol–water partition coefficient (Wildman–Crippen LogP) is 2.00. The Bertz CT molecular complexity index is 1120. The van der Waals surface area contributed by atoms with Crippen LogP contribution in [0, 0.1) is 0 Å². The van der Waals surface area contributed by atoms with E-state index in [2.05, 4.69) is 31.5 Å². The summed E-state index contributed by atoms with van der Waals surface area (Å²) in [6.07, 6.45) is 2.38. The van der Waals surface area contributed by atoms with E-state index in [4.69, 9.17) is 9.94 Å². The molecular weight excluding hydrogens is 344 g/mol. The van der Waals surface area contributed by atoms with Crippen molar-refractivity contribution in [2.45, 2.75) is 13.3 Å². The Hall–Kier alpha value is -3.39. The molecule has 136 valence electrons. The van der Waals surface area contributed by atoms with Gasteiger partial charge in [-0.1, -0.05) is 17.3 Å². The molecule has 0 atom stereocenters. The Morgan fingerprint density at radius 2 is 2.11 bits per heavy atom. The molecule has 0 fully saturated rings. The molecule has 1 N–H and O–H groups in total. The van der Waals surface area contributed by atoms with Gasteiger partial charge in [0.2, 0.25) is 0 Å². The zero-order chi connectivity index (χ0) is 18.6.